The van der Waals surface area contributed by atoms with E-state index in [-0.39, 0.29) is 10.9 Å². The molecule has 76 valence electrons. The summed E-state index contributed by atoms with van der Waals surface area (Å²) in [5.74, 6) is 0.799. The molecule has 0 aliphatic carbocycles. The maximum Gasteiger partial charge on any atom is 0.232 e. The Kier molecular flexibility index (Phi) is 5.32. The van der Waals surface area contributed by atoms with Crippen LogP contribution in [0.4, 0.5) is 0 Å². The van der Waals surface area contributed by atoms with E-state index >= 15 is 0 Å². The van der Waals surface area contributed by atoms with Gasteiger partial charge in [0, 0.05) is 12.3 Å². The van der Waals surface area contributed by atoms with Crippen molar-refractivity contribution in [3.63, 3.8) is 0 Å². The second-order valence-corrected chi connectivity index (χ2v) is 4.66. The van der Waals surface area contributed by atoms with Gasteiger partial charge in [-0.25, -0.2) is 0 Å². The molecule has 0 heterocycles. The Morgan fingerprint density at radius 2 is 2.15 bits per heavy atom. The Balaban J connectivity index is 4.03. The van der Waals surface area contributed by atoms with Crippen LogP contribution in [-0.4, -0.2) is 29.4 Å². The molecule has 0 atom stereocenters. The summed E-state index contributed by atoms with van der Waals surface area (Å²) in [6, 6.07) is 0. The van der Waals surface area contributed by atoms with Crippen LogP contribution in [0.2, 0.25) is 0 Å². The Morgan fingerprint density at radius 1 is 1.62 bits per heavy atom. The van der Waals surface area contributed by atoms with Crippen molar-refractivity contribution in [2.75, 3.05) is 18.6 Å². The van der Waals surface area contributed by atoms with Crippen molar-refractivity contribution in [2.24, 2.45) is 11.1 Å². The quantitative estimate of drug-likeness (QED) is 0.531. The average molecular weight is 220 g/mol. The highest BCUT2D eigenvalue weighted by Crippen LogP contribution is 2.14. The number of amides is 1. The van der Waals surface area contributed by atoms with Crippen LogP contribution in [0.5, 0.6) is 0 Å². The van der Waals surface area contributed by atoms with E-state index in [0.29, 0.717) is 6.54 Å². The molecule has 5 heteroatoms. The van der Waals surface area contributed by atoms with Crippen molar-refractivity contribution in [2.45, 2.75) is 13.8 Å². The lowest BCUT2D eigenvalue weighted by molar-refractivity contribution is -0.126. The van der Waals surface area contributed by atoms with E-state index < -0.39 is 5.41 Å². The average Bonchev–Trinajstić information content (AvgIpc) is 2.04. The number of hydrogen-bond acceptors (Lipinski definition) is 3. The second kappa shape index (κ2) is 5.44. The molecule has 0 aromatic rings. The molecule has 0 bridgehead atoms. The smallest absolute Gasteiger partial charge is 0.232 e. The highest BCUT2D eigenvalue weighted by Gasteiger charge is 2.30. The zero-order chi connectivity index (χ0) is 10.5. The van der Waals surface area contributed by atoms with Gasteiger partial charge in [0.25, 0.3) is 0 Å². The van der Waals surface area contributed by atoms with E-state index in [4.69, 9.17) is 18.0 Å². The third-order valence-electron chi connectivity index (χ3n) is 1.78. The van der Waals surface area contributed by atoms with Gasteiger partial charge in [0.1, 0.15) is 0 Å². The molecule has 0 spiro atoms. The topological polar surface area (TPSA) is 55.1 Å². The van der Waals surface area contributed by atoms with E-state index in [9.17, 15) is 4.79 Å². The Labute approximate surface area is 88.8 Å². The van der Waals surface area contributed by atoms with Gasteiger partial charge in [-0.3, -0.25) is 4.79 Å². The van der Waals surface area contributed by atoms with Gasteiger partial charge in [-0.15, -0.1) is 0 Å². The Morgan fingerprint density at radius 3 is 2.54 bits per heavy atom. The number of thiocarbonyl (C=S) groups is 1. The predicted molar refractivity (Wildman–Crippen MR) is 62.0 cm³/mol. The number of rotatable bonds is 5. The number of carbonyl (C=O) groups is 1. The van der Waals surface area contributed by atoms with E-state index in [2.05, 4.69) is 5.32 Å². The number of hydrogen-bond donors (Lipinski definition) is 2. The molecule has 0 fully saturated rings. The van der Waals surface area contributed by atoms with Crippen molar-refractivity contribution in [3.8, 4) is 0 Å². The Bertz CT molecular complexity index is 204. The Hall–Kier alpha value is -0.290. The second-order valence-electron chi connectivity index (χ2n) is 3.24. The molecule has 0 radical (unpaired) electrons. The molecule has 0 rings (SSSR count). The maximum atomic E-state index is 11.5. The molecule has 13 heavy (non-hydrogen) atoms. The predicted octanol–water partition coefficient (Wildman–Crippen LogP) is 0.778. The van der Waals surface area contributed by atoms with Gasteiger partial charge in [0.15, 0.2) is 0 Å². The lowest BCUT2D eigenvalue weighted by atomic mass is 9.92. The third kappa shape index (κ3) is 3.95. The normalized spacial score (nSPS) is 11.0. The number of thioether (sulfide) groups is 1. The molecule has 0 aromatic heterocycles. The monoisotopic (exact) mass is 220 g/mol. The summed E-state index contributed by atoms with van der Waals surface area (Å²) in [6.07, 6.45) is 1.99. The van der Waals surface area contributed by atoms with Crippen molar-refractivity contribution in [3.05, 3.63) is 0 Å². The fraction of sp³-hybridized carbons (Fsp3) is 0.750. The van der Waals surface area contributed by atoms with Gasteiger partial charge >= 0.3 is 0 Å². The zero-order valence-electron chi connectivity index (χ0n) is 8.22. The fourth-order valence-electron chi connectivity index (χ4n) is 0.599. The first-order valence-corrected chi connectivity index (χ1v) is 5.80. The highest BCUT2D eigenvalue weighted by atomic mass is 32.2. The van der Waals surface area contributed by atoms with Crippen molar-refractivity contribution in [1.82, 2.24) is 5.32 Å². The van der Waals surface area contributed by atoms with Gasteiger partial charge in [-0.1, -0.05) is 12.2 Å². The highest BCUT2D eigenvalue weighted by molar-refractivity contribution is 7.98. The lowest BCUT2D eigenvalue weighted by Crippen LogP contribution is -2.45. The van der Waals surface area contributed by atoms with Crippen molar-refractivity contribution >= 4 is 34.9 Å². The van der Waals surface area contributed by atoms with Crippen LogP contribution in [0.3, 0.4) is 0 Å². The first-order valence-electron chi connectivity index (χ1n) is 4.00. The maximum absolute atomic E-state index is 11.5. The first kappa shape index (κ1) is 12.7. The van der Waals surface area contributed by atoms with Crippen LogP contribution in [0.25, 0.3) is 0 Å². The molecule has 0 saturated heterocycles. The zero-order valence-corrected chi connectivity index (χ0v) is 9.85. The summed E-state index contributed by atoms with van der Waals surface area (Å²) in [4.78, 5) is 11.7. The van der Waals surface area contributed by atoms with Gasteiger partial charge in [0.05, 0.1) is 10.4 Å². The van der Waals surface area contributed by atoms with Crippen molar-refractivity contribution < 1.29 is 4.79 Å². The number of nitrogens with two attached hydrogens (primary N) is 1. The van der Waals surface area contributed by atoms with E-state index in [0.717, 1.165) is 5.75 Å². The summed E-state index contributed by atoms with van der Waals surface area (Å²) < 4.78 is 0. The fourth-order valence-corrected chi connectivity index (χ4v) is 0.998. The van der Waals surface area contributed by atoms with E-state index in [1.54, 1.807) is 25.6 Å². The molecular weight excluding hydrogens is 204 g/mol. The summed E-state index contributed by atoms with van der Waals surface area (Å²) in [5, 5.41) is 2.78. The van der Waals surface area contributed by atoms with Gasteiger partial charge in [-0.2, -0.15) is 11.8 Å². The summed E-state index contributed by atoms with van der Waals surface area (Å²) in [5.41, 5.74) is 4.70. The minimum atomic E-state index is -0.742. The SMILES string of the molecule is CSCCNC(=O)C(C)(C)C(N)=S. The molecule has 0 saturated carbocycles. The summed E-state index contributed by atoms with van der Waals surface area (Å²) >= 11 is 6.48. The largest absolute Gasteiger partial charge is 0.392 e. The molecule has 0 aliphatic heterocycles. The van der Waals surface area contributed by atoms with Crippen LogP contribution in [0.15, 0.2) is 0 Å². The van der Waals surface area contributed by atoms with Crippen LogP contribution >= 0.6 is 24.0 Å². The van der Waals surface area contributed by atoms with Crippen LogP contribution < -0.4 is 11.1 Å². The lowest BCUT2D eigenvalue weighted by Gasteiger charge is -2.21. The number of carbonyl (C=O) groups excluding carboxylic acids is 1. The number of nitrogens with one attached hydrogen (secondary N) is 1. The molecule has 0 aliphatic rings. The molecule has 0 aromatic carbocycles. The molecular formula is C8H16N2OS2. The minimum Gasteiger partial charge on any atom is -0.392 e. The third-order valence-corrected chi connectivity index (χ3v) is 2.90. The van der Waals surface area contributed by atoms with Gasteiger partial charge < -0.3 is 11.1 Å². The van der Waals surface area contributed by atoms with Gasteiger partial charge in [-0.05, 0) is 20.1 Å². The first-order chi connectivity index (χ1) is 5.92. The standard InChI is InChI=1S/C8H16N2OS2/c1-8(2,6(9)12)7(11)10-4-5-13-3/h4-5H2,1-3H3,(H2,9,12)(H,10,11). The summed E-state index contributed by atoms with van der Waals surface area (Å²) in [7, 11) is 0. The summed E-state index contributed by atoms with van der Waals surface area (Å²) in [6.45, 7) is 4.11. The van der Waals surface area contributed by atoms with Gasteiger partial charge in [0.2, 0.25) is 5.91 Å². The van der Waals surface area contributed by atoms with E-state index in [1.807, 2.05) is 6.26 Å². The van der Waals surface area contributed by atoms with E-state index in [1.165, 1.54) is 0 Å². The molecule has 3 nitrogen and oxygen atoms in total. The van der Waals surface area contributed by atoms with Crippen LogP contribution in [-0.2, 0) is 4.79 Å². The minimum absolute atomic E-state index is 0.103. The molecule has 0 unspecified atom stereocenters. The molecule has 3 N–H and O–H groups in total. The van der Waals surface area contributed by atoms with Crippen molar-refractivity contribution in [1.29, 1.82) is 0 Å². The molecule has 1 amide bonds. The van der Waals surface area contributed by atoms with Crippen LogP contribution in [0, 0.1) is 5.41 Å². The van der Waals surface area contributed by atoms with Crippen LogP contribution in [0.1, 0.15) is 13.8 Å².